The lowest BCUT2D eigenvalue weighted by atomic mass is 10.2. The molecule has 0 radical (unpaired) electrons. The van der Waals surface area contributed by atoms with E-state index in [-0.39, 0.29) is 23.4 Å². The number of aromatic nitrogens is 2. The zero-order valence-corrected chi connectivity index (χ0v) is 14.0. The van der Waals surface area contributed by atoms with Gasteiger partial charge in [0, 0.05) is 26.2 Å². The van der Waals surface area contributed by atoms with Gasteiger partial charge >= 0.3 is 11.8 Å². The van der Waals surface area contributed by atoms with Crippen LogP contribution < -0.4 is 0 Å². The van der Waals surface area contributed by atoms with Gasteiger partial charge in [0.2, 0.25) is 5.91 Å². The number of aryl methyl sites for hydroxylation is 1. The first-order valence-electron chi connectivity index (χ1n) is 7.75. The molecule has 132 valence electrons. The van der Waals surface area contributed by atoms with Crippen LogP contribution in [-0.2, 0) is 9.53 Å². The van der Waals surface area contributed by atoms with Gasteiger partial charge in [0.25, 0.3) is 0 Å². The standard InChI is InChI=1S/C14H21N5O5/c1-4-24-14(21)17-7-5-16(6-8-17)13(20)11(3)18-9-12(19(22)23)10(2)15-18/h9,11H,4-8H2,1-3H3/t11-/m1/s1. The third kappa shape index (κ3) is 3.63. The predicted molar refractivity (Wildman–Crippen MR) is 83.5 cm³/mol. The highest BCUT2D eigenvalue weighted by Crippen LogP contribution is 2.20. The predicted octanol–water partition coefficient (Wildman–Crippen LogP) is 0.961. The van der Waals surface area contributed by atoms with Gasteiger partial charge in [-0.1, -0.05) is 0 Å². The zero-order chi connectivity index (χ0) is 17.9. The summed E-state index contributed by atoms with van der Waals surface area (Å²) in [6.45, 7) is 6.82. The van der Waals surface area contributed by atoms with Crippen LogP contribution in [0.4, 0.5) is 10.5 Å². The van der Waals surface area contributed by atoms with Crippen molar-refractivity contribution in [2.75, 3.05) is 32.8 Å². The van der Waals surface area contributed by atoms with E-state index in [1.54, 1.807) is 23.6 Å². The maximum atomic E-state index is 12.6. The van der Waals surface area contributed by atoms with Crippen LogP contribution in [0.2, 0.25) is 0 Å². The second kappa shape index (κ2) is 7.28. The molecular weight excluding hydrogens is 318 g/mol. The van der Waals surface area contributed by atoms with Gasteiger partial charge in [-0.25, -0.2) is 4.79 Å². The molecule has 2 rings (SSSR count). The van der Waals surface area contributed by atoms with Gasteiger partial charge in [0.05, 0.1) is 11.5 Å². The molecule has 0 unspecified atom stereocenters. The largest absolute Gasteiger partial charge is 0.450 e. The van der Waals surface area contributed by atoms with Crippen LogP contribution in [0.25, 0.3) is 0 Å². The molecule has 10 heteroatoms. The van der Waals surface area contributed by atoms with E-state index in [1.165, 1.54) is 17.8 Å². The third-order valence-electron chi connectivity index (χ3n) is 3.96. The summed E-state index contributed by atoms with van der Waals surface area (Å²) in [5.41, 5.74) is 0.161. The van der Waals surface area contributed by atoms with E-state index in [9.17, 15) is 19.7 Å². The summed E-state index contributed by atoms with van der Waals surface area (Å²) in [7, 11) is 0. The highest BCUT2D eigenvalue weighted by Gasteiger charge is 2.29. The molecule has 1 aromatic rings. The summed E-state index contributed by atoms with van der Waals surface area (Å²) in [6.07, 6.45) is 0.892. The molecule has 1 aliphatic heterocycles. The van der Waals surface area contributed by atoms with Crippen LogP contribution in [-0.4, -0.2) is 69.3 Å². The van der Waals surface area contributed by atoms with Crippen LogP contribution in [0.1, 0.15) is 25.6 Å². The normalized spacial score (nSPS) is 16.0. The molecule has 1 atom stereocenters. The first-order valence-corrected chi connectivity index (χ1v) is 7.75. The first kappa shape index (κ1) is 17.7. The molecule has 0 saturated carbocycles. The van der Waals surface area contributed by atoms with Crippen LogP contribution in [0.3, 0.4) is 0 Å². The fourth-order valence-corrected chi connectivity index (χ4v) is 2.55. The van der Waals surface area contributed by atoms with E-state index in [2.05, 4.69) is 5.10 Å². The summed E-state index contributed by atoms with van der Waals surface area (Å²) in [5.74, 6) is -0.184. The van der Waals surface area contributed by atoms with Crippen molar-refractivity contribution in [3.05, 3.63) is 22.0 Å². The van der Waals surface area contributed by atoms with Gasteiger partial charge in [-0.05, 0) is 20.8 Å². The summed E-state index contributed by atoms with van der Waals surface area (Å²) in [5, 5.41) is 14.9. The van der Waals surface area contributed by atoms with Crippen molar-refractivity contribution in [3.8, 4) is 0 Å². The smallest absolute Gasteiger partial charge is 0.409 e. The molecule has 24 heavy (non-hydrogen) atoms. The van der Waals surface area contributed by atoms with Gasteiger partial charge in [-0.3, -0.25) is 19.6 Å². The number of ether oxygens (including phenoxy) is 1. The fourth-order valence-electron chi connectivity index (χ4n) is 2.55. The molecule has 0 aromatic carbocycles. The Morgan fingerprint density at radius 2 is 1.92 bits per heavy atom. The third-order valence-corrected chi connectivity index (χ3v) is 3.96. The number of nitrogens with zero attached hydrogens (tertiary/aromatic N) is 5. The number of nitro groups is 1. The Kier molecular flexibility index (Phi) is 5.37. The van der Waals surface area contributed by atoms with Crippen molar-refractivity contribution in [2.24, 2.45) is 0 Å². The van der Waals surface area contributed by atoms with Crippen molar-refractivity contribution in [1.29, 1.82) is 0 Å². The van der Waals surface area contributed by atoms with Crippen molar-refractivity contribution in [1.82, 2.24) is 19.6 Å². The topological polar surface area (TPSA) is 111 Å². The molecule has 1 saturated heterocycles. The minimum Gasteiger partial charge on any atom is -0.450 e. The Labute approximate surface area is 139 Å². The Balaban J connectivity index is 1.98. The Bertz CT molecular complexity index is 635. The molecule has 1 aliphatic rings. The molecule has 0 N–H and O–H groups in total. The lowest BCUT2D eigenvalue weighted by Gasteiger charge is -2.35. The summed E-state index contributed by atoms with van der Waals surface area (Å²) < 4.78 is 6.25. The zero-order valence-electron chi connectivity index (χ0n) is 14.0. The van der Waals surface area contributed by atoms with Crippen molar-refractivity contribution in [3.63, 3.8) is 0 Å². The van der Waals surface area contributed by atoms with Crippen molar-refractivity contribution >= 4 is 17.7 Å². The first-order chi connectivity index (χ1) is 11.3. The average molecular weight is 339 g/mol. The number of hydrogen-bond donors (Lipinski definition) is 0. The molecule has 0 aliphatic carbocycles. The lowest BCUT2D eigenvalue weighted by molar-refractivity contribution is -0.385. The van der Waals surface area contributed by atoms with E-state index < -0.39 is 11.0 Å². The van der Waals surface area contributed by atoms with Gasteiger partial charge in [0.15, 0.2) is 0 Å². The van der Waals surface area contributed by atoms with E-state index in [0.29, 0.717) is 32.8 Å². The van der Waals surface area contributed by atoms with Crippen LogP contribution in [0, 0.1) is 17.0 Å². The molecule has 2 amide bonds. The average Bonchev–Trinajstić information content (AvgIpc) is 2.96. The van der Waals surface area contributed by atoms with E-state index in [0.717, 1.165) is 0 Å². The molecular formula is C14H21N5O5. The van der Waals surface area contributed by atoms with E-state index >= 15 is 0 Å². The number of rotatable bonds is 4. The van der Waals surface area contributed by atoms with Crippen LogP contribution in [0.5, 0.6) is 0 Å². The number of hydrogen-bond acceptors (Lipinski definition) is 6. The van der Waals surface area contributed by atoms with Crippen molar-refractivity contribution < 1.29 is 19.2 Å². The molecule has 1 fully saturated rings. The second-order valence-electron chi connectivity index (χ2n) is 5.52. The lowest BCUT2D eigenvalue weighted by Crippen LogP contribution is -2.52. The molecule has 0 bridgehead atoms. The van der Waals surface area contributed by atoms with E-state index in [1.807, 2.05) is 0 Å². The van der Waals surface area contributed by atoms with Crippen LogP contribution in [0.15, 0.2) is 6.20 Å². The summed E-state index contributed by atoms with van der Waals surface area (Å²) in [4.78, 5) is 37.8. The fraction of sp³-hybridized carbons (Fsp3) is 0.643. The van der Waals surface area contributed by atoms with Crippen molar-refractivity contribution in [2.45, 2.75) is 26.8 Å². The summed E-state index contributed by atoms with van der Waals surface area (Å²) in [6, 6.07) is -0.647. The van der Waals surface area contributed by atoms with Gasteiger partial charge in [-0.2, -0.15) is 5.10 Å². The van der Waals surface area contributed by atoms with Gasteiger partial charge in [0.1, 0.15) is 17.9 Å². The number of piperazine rings is 1. The Hall–Kier alpha value is -2.65. The van der Waals surface area contributed by atoms with Gasteiger partial charge < -0.3 is 14.5 Å². The molecule has 0 spiro atoms. The SMILES string of the molecule is CCOC(=O)N1CCN(C(=O)[C@@H](C)n2cc([N+](=O)[O-])c(C)n2)CC1. The number of carbonyl (C=O) groups is 2. The number of carbonyl (C=O) groups excluding carboxylic acids is 2. The Morgan fingerprint density at radius 3 is 2.42 bits per heavy atom. The molecule has 10 nitrogen and oxygen atoms in total. The van der Waals surface area contributed by atoms with E-state index in [4.69, 9.17) is 4.74 Å². The number of amides is 2. The minimum atomic E-state index is -0.647. The second-order valence-corrected chi connectivity index (χ2v) is 5.52. The molecule has 1 aromatic heterocycles. The maximum absolute atomic E-state index is 12.6. The minimum absolute atomic E-state index is 0.109. The highest BCUT2D eigenvalue weighted by atomic mass is 16.6. The molecule has 2 heterocycles. The summed E-state index contributed by atoms with van der Waals surface area (Å²) >= 11 is 0. The highest BCUT2D eigenvalue weighted by molar-refractivity contribution is 5.80. The Morgan fingerprint density at radius 1 is 1.33 bits per heavy atom. The van der Waals surface area contributed by atoms with Crippen LogP contribution >= 0.6 is 0 Å². The maximum Gasteiger partial charge on any atom is 0.409 e. The van der Waals surface area contributed by atoms with Gasteiger partial charge in [-0.15, -0.1) is 0 Å². The quantitative estimate of drug-likeness (QED) is 0.597. The monoisotopic (exact) mass is 339 g/mol.